The van der Waals surface area contributed by atoms with Gasteiger partial charge in [0.2, 0.25) is 0 Å². The number of ether oxygens (including phenoxy) is 1. The molecule has 8 heteroatoms. The van der Waals surface area contributed by atoms with Crippen LogP contribution in [0, 0.1) is 0 Å². The summed E-state index contributed by atoms with van der Waals surface area (Å²) in [5, 5.41) is 11.4. The number of hydrogen-bond donors (Lipinski definition) is 1. The van der Waals surface area contributed by atoms with Crippen LogP contribution >= 0.6 is 11.3 Å². The van der Waals surface area contributed by atoms with Crippen molar-refractivity contribution >= 4 is 22.4 Å². The number of carbonyl (C=O) groups excluding carboxylic acids is 1. The van der Waals surface area contributed by atoms with E-state index in [1.807, 2.05) is 11.6 Å². The van der Waals surface area contributed by atoms with Crippen LogP contribution in [0.4, 0.5) is 5.13 Å². The largest absolute Gasteiger partial charge is 0.465 e. The van der Waals surface area contributed by atoms with Crippen molar-refractivity contribution in [2.45, 2.75) is 6.54 Å². The molecule has 0 saturated heterocycles. The van der Waals surface area contributed by atoms with Crippen LogP contribution in [0.15, 0.2) is 12.5 Å². The third kappa shape index (κ3) is 2.59. The molecular formula is C9H11N5O2S. The second kappa shape index (κ2) is 4.91. The van der Waals surface area contributed by atoms with Crippen LogP contribution in [0.3, 0.4) is 0 Å². The average Bonchev–Trinajstić information content (AvgIpc) is 2.94. The van der Waals surface area contributed by atoms with Gasteiger partial charge >= 0.3 is 5.97 Å². The highest BCUT2D eigenvalue weighted by Gasteiger charge is 2.10. The number of hydrogen-bond acceptors (Lipinski definition) is 7. The Balaban J connectivity index is 1.98. The van der Waals surface area contributed by atoms with E-state index in [0.29, 0.717) is 16.6 Å². The summed E-state index contributed by atoms with van der Waals surface area (Å²) in [5.41, 5.74) is 0. The molecule has 1 N–H and O–H groups in total. The predicted molar refractivity (Wildman–Crippen MR) is 61.8 cm³/mol. The van der Waals surface area contributed by atoms with Gasteiger partial charge in [0.1, 0.15) is 11.2 Å². The zero-order valence-corrected chi connectivity index (χ0v) is 10.2. The minimum atomic E-state index is -0.380. The number of nitrogens with zero attached hydrogens (tertiary/aromatic N) is 4. The fraction of sp³-hybridized carbons (Fsp3) is 0.333. The van der Waals surface area contributed by atoms with Crippen LogP contribution in [0.25, 0.3) is 0 Å². The zero-order valence-electron chi connectivity index (χ0n) is 9.38. The maximum Gasteiger partial charge on any atom is 0.349 e. The Bertz CT molecular complexity index is 521. The normalized spacial score (nSPS) is 10.2. The third-order valence-corrected chi connectivity index (χ3v) is 3.03. The van der Waals surface area contributed by atoms with E-state index in [0.717, 1.165) is 5.82 Å². The average molecular weight is 253 g/mol. The van der Waals surface area contributed by atoms with Crippen LogP contribution < -0.4 is 5.32 Å². The number of carbonyl (C=O) groups is 1. The van der Waals surface area contributed by atoms with Crippen molar-refractivity contribution in [3.63, 3.8) is 0 Å². The SMILES string of the molecule is COC(=O)c1cnc(NCc2nncn2C)s1. The first-order valence-corrected chi connectivity index (χ1v) is 5.63. The van der Waals surface area contributed by atoms with Gasteiger partial charge in [-0.1, -0.05) is 11.3 Å². The van der Waals surface area contributed by atoms with E-state index in [2.05, 4.69) is 25.2 Å². The summed E-state index contributed by atoms with van der Waals surface area (Å²) in [6, 6.07) is 0. The van der Waals surface area contributed by atoms with Crippen molar-refractivity contribution in [3.05, 3.63) is 23.2 Å². The number of rotatable bonds is 4. The lowest BCUT2D eigenvalue weighted by Gasteiger charge is -2.00. The minimum Gasteiger partial charge on any atom is -0.465 e. The summed E-state index contributed by atoms with van der Waals surface area (Å²) in [4.78, 5) is 15.7. The van der Waals surface area contributed by atoms with Crippen LogP contribution in [-0.4, -0.2) is 32.8 Å². The van der Waals surface area contributed by atoms with Gasteiger partial charge in [0, 0.05) is 7.05 Å². The standard InChI is InChI=1S/C9H11N5O2S/c1-14-5-12-13-7(14)4-11-9-10-3-6(17-9)8(15)16-2/h3,5H,4H2,1-2H3,(H,10,11). The fourth-order valence-corrected chi connectivity index (χ4v) is 1.90. The molecule has 0 radical (unpaired) electrons. The number of thiazole rings is 1. The van der Waals surface area contributed by atoms with Gasteiger partial charge in [-0.2, -0.15) is 0 Å². The molecule has 0 atom stereocenters. The minimum absolute atomic E-state index is 0.380. The van der Waals surface area contributed by atoms with E-state index in [-0.39, 0.29) is 5.97 Å². The Morgan fingerprint density at radius 2 is 2.47 bits per heavy atom. The fourth-order valence-electron chi connectivity index (χ4n) is 1.17. The molecule has 0 amide bonds. The van der Waals surface area contributed by atoms with Gasteiger partial charge in [0.05, 0.1) is 19.9 Å². The summed E-state index contributed by atoms with van der Waals surface area (Å²) in [5.74, 6) is 0.411. The van der Waals surface area contributed by atoms with E-state index in [4.69, 9.17) is 0 Å². The highest BCUT2D eigenvalue weighted by Crippen LogP contribution is 2.19. The Morgan fingerprint density at radius 3 is 3.12 bits per heavy atom. The molecule has 2 aromatic rings. The molecule has 0 aromatic carbocycles. The summed E-state index contributed by atoms with van der Waals surface area (Å²) < 4.78 is 6.40. The lowest BCUT2D eigenvalue weighted by Crippen LogP contribution is -2.05. The molecule has 0 fully saturated rings. The van der Waals surface area contributed by atoms with Crippen LogP contribution in [0.1, 0.15) is 15.5 Å². The number of anilines is 1. The monoisotopic (exact) mass is 253 g/mol. The summed E-state index contributed by atoms with van der Waals surface area (Å²) in [6.07, 6.45) is 3.11. The van der Waals surface area contributed by atoms with E-state index >= 15 is 0 Å². The number of aryl methyl sites for hydroxylation is 1. The number of nitrogens with one attached hydrogen (secondary N) is 1. The van der Waals surface area contributed by atoms with Gasteiger partial charge in [-0.25, -0.2) is 9.78 Å². The van der Waals surface area contributed by atoms with E-state index in [9.17, 15) is 4.79 Å². The summed E-state index contributed by atoms with van der Waals surface area (Å²) in [7, 11) is 3.20. The molecule has 0 aliphatic heterocycles. The molecule has 0 aliphatic carbocycles. The molecular weight excluding hydrogens is 242 g/mol. The second-order valence-corrected chi connectivity index (χ2v) is 4.26. The maximum atomic E-state index is 11.2. The van der Waals surface area contributed by atoms with Gasteiger partial charge in [-0.15, -0.1) is 10.2 Å². The quantitative estimate of drug-likeness (QED) is 0.806. The van der Waals surface area contributed by atoms with E-state index < -0.39 is 0 Å². The third-order valence-electron chi connectivity index (χ3n) is 2.10. The van der Waals surface area contributed by atoms with Crippen molar-refractivity contribution < 1.29 is 9.53 Å². The van der Waals surface area contributed by atoms with Gasteiger partial charge in [-0.3, -0.25) is 0 Å². The molecule has 0 unspecified atom stereocenters. The van der Waals surface area contributed by atoms with Gasteiger partial charge in [0.25, 0.3) is 0 Å². The van der Waals surface area contributed by atoms with Crippen molar-refractivity contribution in [3.8, 4) is 0 Å². The highest BCUT2D eigenvalue weighted by molar-refractivity contribution is 7.17. The molecule has 2 rings (SSSR count). The zero-order chi connectivity index (χ0) is 12.3. The first-order chi connectivity index (χ1) is 8.20. The molecule has 0 bridgehead atoms. The van der Waals surface area contributed by atoms with Crippen molar-refractivity contribution in [1.82, 2.24) is 19.7 Å². The number of methoxy groups -OCH3 is 1. The molecule has 17 heavy (non-hydrogen) atoms. The van der Waals surface area contributed by atoms with Gasteiger partial charge < -0.3 is 14.6 Å². The van der Waals surface area contributed by atoms with Gasteiger partial charge in [-0.05, 0) is 0 Å². The Labute approximate surface area is 101 Å². The first kappa shape index (κ1) is 11.5. The second-order valence-electron chi connectivity index (χ2n) is 3.23. The van der Waals surface area contributed by atoms with Gasteiger partial charge in [0.15, 0.2) is 11.0 Å². The van der Waals surface area contributed by atoms with Crippen molar-refractivity contribution in [2.24, 2.45) is 7.05 Å². The van der Waals surface area contributed by atoms with E-state index in [1.165, 1.54) is 24.6 Å². The smallest absolute Gasteiger partial charge is 0.349 e. The number of esters is 1. The molecule has 7 nitrogen and oxygen atoms in total. The van der Waals surface area contributed by atoms with Crippen molar-refractivity contribution in [1.29, 1.82) is 0 Å². The lowest BCUT2D eigenvalue weighted by molar-refractivity contribution is 0.0606. The number of aromatic nitrogens is 4. The molecule has 0 aliphatic rings. The Hall–Kier alpha value is -1.96. The van der Waals surface area contributed by atoms with Crippen LogP contribution in [0.2, 0.25) is 0 Å². The first-order valence-electron chi connectivity index (χ1n) is 4.81. The molecule has 0 saturated carbocycles. The van der Waals surface area contributed by atoms with Crippen LogP contribution in [-0.2, 0) is 18.3 Å². The summed E-state index contributed by atoms with van der Waals surface area (Å²) >= 11 is 1.24. The van der Waals surface area contributed by atoms with E-state index in [1.54, 1.807) is 6.33 Å². The Morgan fingerprint density at radius 1 is 1.65 bits per heavy atom. The maximum absolute atomic E-state index is 11.2. The molecule has 90 valence electrons. The predicted octanol–water partition coefficient (Wildman–Crippen LogP) is 0.670. The molecule has 2 aromatic heterocycles. The molecule has 0 spiro atoms. The van der Waals surface area contributed by atoms with Crippen molar-refractivity contribution in [2.75, 3.05) is 12.4 Å². The summed E-state index contributed by atoms with van der Waals surface area (Å²) in [6.45, 7) is 0.505. The Kier molecular flexibility index (Phi) is 3.33. The topological polar surface area (TPSA) is 81.9 Å². The highest BCUT2D eigenvalue weighted by atomic mass is 32.1. The molecule has 2 heterocycles. The van der Waals surface area contributed by atoms with Crippen LogP contribution in [0.5, 0.6) is 0 Å². The lowest BCUT2D eigenvalue weighted by atomic mass is 10.6.